The van der Waals surface area contributed by atoms with E-state index < -0.39 is 0 Å². The molecule has 0 bridgehead atoms. The number of hydrogen-bond acceptors (Lipinski definition) is 4. The van der Waals surface area contributed by atoms with Crippen LogP contribution in [-0.4, -0.2) is 36.5 Å². The molecular weight excluding hydrogens is 391 g/mol. The highest BCUT2D eigenvalue weighted by Crippen LogP contribution is 2.10. The standard InChI is InChI=1S/C12H22N4S2.HI/c1-10-11(18-9-16-10)8-15-12(13-2)14-6-4-5-7-17-3;/h9H,4-8H2,1-3H3,(H2,13,14,15);1H. The van der Waals surface area contributed by atoms with E-state index in [-0.39, 0.29) is 24.0 Å². The summed E-state index contributed by atoms with van der Waals surface area (Å²) in [5.74, 6) is 2.10. The Labute approximate surface area is 141 Å². The zero-order valence-electron chi connectivity index (χ0n) is 11.7. The van der Waals surface area contributed by atoms with E-state index >= 15 is 0 Å². The molecule has 19 heavy (non-hydrogen) atoms. The van der Waals surface area contributed by atoms with Crippen LogP contribution in [0.25, 0.3) is 0 Å². The molecule has 0 saturated carbocycles. The third kappa shape index (κ3) is 7.98. The summed E-state index contributed by atoms with van der Waals surface area (Å²) >= 11 is 3.57. The molecule has 110 valence electrons. The van der Waals surface area contributed by atoms with Crippen molar-refractivity contribution in [2.75, 3.05) is 25.6 Å². The van der Waals surface area contributed by atoms with E-state index in [2.05, 4.69) is 26.9 Å². The lowest BCUT2D eigenvalue weighted by Gasteiger charge is -2.11. The summed E-state index contributed by atoms with van der Waals surface area (Å²) in [6.07, 6.45) is 4.57. The Morgan fingerprint density at radius 1 is 1.42 bits per heavy atom. The van der Waals surface area contributed by atoms with Crippen molar-refractivity contribution in [2.45, 2.75) is 26.3 Å². The molecule has 1 aromatic rings. The number of thioether (sulfide) groups is 1. The molecule has 0 fully saturated rings. The summed E-state index contributed by atoms with van der Waals surface area (Å²) in [5, 5.41) is 6.63. The fraction of sp³-hybridized carbons (Fsp3) is 0.667. The number of guanidine groups is 1. The first-order valence-electron chi connectivity index (χ1n) is 6.10. The van der Waals surface area contributed by atoms with Crippen LogP contribution in [0.3, 0.4) is 0 Å². The molecule has 0 aliphatic heterocycles. The summed E-state index contributed by atoms with van der Waals surface area (Å²) in [5.41, 5.74) is 2.98. The van der Waals surface area contributed by atoms with E-state index in [9.17, 15) is 0 Å². The lowest BCUT2D eigenvalue weighted by molar-refractivity contribution is 0.734. The van der Waals surface area contributed by atoms with Gasteiger partial charge in [-0.3, -0.25) is 4.99 Å². The fourth-order valence-electron chi connectivity index (χ4n) is 1.46. The van der Waals surface area contributed by atoms with E-state index in [0.29, 0.717) is 0 Å². The maximum absolute atomic E-state index is 4.23. The van der Waals surface area contributed by atoms with Gasteiger partial charge in [0.25, 0.3) is 0 Å². The molecule has 0 spiro atoms. The molecule has 0 atom stereocenters. The van der Waals surface area contributed by atoms with E-state index in [1.165, 1.54) is 23.5 Å². The van der Waals surface area contributed by atoms with Crippen molar-refractivity contribution in [3.05, 3.63) is 16.1 Å². The minimum absolute atomic E-state index is 0. The number of rotatable bonds is 7. The summed E-state index contributed by atoms with van der Waals surface area (Å²) in [7, 11) is 1.80. The number of nitrogens with one attached hydrogen (secondary N) is 2. The van der Waals surface area contributed by atoms with Crippen molar-refractivity contribution < 1.29 is 0 Å². The first kappa shape index (κ1) is 19.0. The number of unbranched alkanes of at least 4 members (excludes halogenated alkanes) is 1. The van der Waals surface area contributed by atoms with Crippen LogP contribution in [-0.2, 0) is 6.54 Å². The third-order valence-electron chi connectivity index (χ3n) is 2.55. The minimum atomic E-state index is 0. The van der Waals surface area contributed by atoms with Crippen molar-refractivity contribution in [1.29, 1.82) is 0 Å². The molecule has 0 aromatic carbocycles. The largest absolute Gasteiger partial charge is 0.356 e. The summed E-state index contributed by atoms with van der Waals surface area (Å²) in [6.45, 7) is 3.80. The zero-order chi connectivity index (χ0) is 13.2. The normalized spacial score (nSPS) is 11.0. The SMILES string of the molecule is CN=C(NCCCCSC)NCc1scnc1C.I. The van der Waals surface area contributed by atoms with Gasteiger partial charge in [-0.25, -0.2) is 4.98 Å². The average Bonchev–Trinajstić information content (AvgIpc) is 2.78. The number of halogens is 1. The first-order valence-corrected chi connectivity index (χ1v) is 8.37. The molecule has 1 rings (SSSR count). The number of hydrogen-bond donors (Lipinski definition) is 2. The Morgan fingerprint density at radius 2 is 2.21 bits per heavy atom. The van der Waals surface area contributed by atoms with Gasteiger partial charge in [0, 0.05) is 18.5 Å². The van der Waals surface area contributed by atoms with Gasteiger partial charge in [0.1, 0.15) is 0 Å². The van der Waals surface area contributed by atoms with Gasteiger partial charge >= 0.3 is 0 Å². The number of aryl methyl sites for hydroxylation is 1. The van der Waals surface area contributed by atoms with Crippen molar-refractivity contribution in [2.24, 2.45) is 4.99 Å². The van der Waals surface area contributed by atoms with Gasteiger partial charge in [-0.15, -0.1) is 35.3 Å². The van der Waals surface area contributed by atoms with Gasteiger partial charge in [0.15, 0.2) is 5.96 Å². The van der Waals surface area contributed by atoms with Gasteiger partial charge in [-0.05, 0) is 31.8 Å². The van der Waals surface area contributed by atoms with Crippen LogP contribution in [0.5, 0.6) is 0 Å². The van der Waals surface area contributed by atoms with Crippen molar-refractivity contribution in [1.82, 2.24) is 15.6 Å². The Hall–Kier alpha value is -0.0200. The van der Waals surface area contributed by atoms with E-state index in [1.54, 1.807) is 18.4 Å². The summed E-state index contributed by atoms with van der Waals surface area (Å²) in [4.78, 5) is 9.70. The van der Waals surface area contributed by atoms with Crippen LogP contribution in [0.2, 0.25) is 0 Å². The predicted octanol–water partition coefficient (Wildman–Crippen LogP) is 2.88. The monoisotopic (exact) mass is 414 g/mol. The lowest BCUT2D eigenvalue weighted by atomic mass is 10.3. The Morgan fingerprint density at radius 3 is 2.79 bits per heavy atom. The molecule has 2 N–H and O–H groups in total. The van der Waals surface area contributed by atoms with Gasteiger partial charge in [0.2, 0.25) is 0 Å². The fourth-order valence-corrected chi connectivity index (χ4v) is 2.67. The smallest absolute Gasteiger partial charge is 0.191 e. The van der Waals surface area contributed by atoms with E-state index in [4.69, 9.17) is 0 Å². The molecular formula is C12H23IN4S2. The van der Waals surface area contributed by atoms with Crippen LogP contribution < -0.4 is 10.6 Å². The maximum atomic E-state index is 4.23. The van der Waals surface area contributed by atoms with Crippen LogP contribution in [0, 0.1) is 6.92 Å². The Bertz CT molecular complexity index is 368. The molecule has 0 saturated heterocycles. The zero-order valence-corrected chi connectivity index (χ0v) is 15.7. The third-order valence-corrected chi connectivity index (χ3v) is 4.18. The van der Waals surface area contributed by atoms with E-state index in [1.807, 2.05) is 24.2 Å². The highest BCUT2D eigenvalue weighted by molar-refractivity contribution is 14.0. The summed E-state index contributed by atoms with van der Waals surface area (Å²) in [6, 6.07) is 0. The number of aromatic nitrogens is 1. The molecule has 1 aromatic heterocycles. The second kappa shape index (κ2) is 11.8. The number of thiazole rings is 1. The number of aliphatic imine (C=N–C) groups is 1. The Kier molecular flexibility index (Phi) is 11.8. The van der Waals surface area contributed by atoms with Gasteiger partial charge in [-0.2, -0.15) is 11.8 Å². The number of nitrogens with zero attached hydrogens (tertiary/aromatic N) is 2. The molecule has 1 heterocycles. The quantitative estimate of drug-likeness (QED) is 0.312. The molecule has 0 radical (unpaired) electrons. The van der Waals surface area contributed by atoms with Crippen molar-refractivity contribution in [3.8, 4) is 0 Å². The molecule has 0 aliphatic rings. The van der Waals surface area contributed by atoms with Crippen LogP contribution >= 0.6 is 47.1 Å². The topological polar surface area (TPSA) is 49.3 Å². The second-order valence-corrected chi connectivity index (χ2v) is 5.84. The molecule has 7 heteroatoms. The van der Waals surface area contributed by atoms with Crippen LogP contribution in [0.1, 0.15) is 23.4 Å². The average molecular weight is 414 g/mol. The predicted molar refractivity (Wildman–Crippen MR) is 98.1 cm³/mol. The molecule has 0 aliphatic carbocycles. The first-order chi connectivity index (χ1) is 8.77. The van der Waals surface area contributed by atoms with Crippen LogP contribution in [0.4, 0.5) is 0 Å². The van der Waals surface area contributed by atoms with Gasteiger partial charge < -0.3 is 10.6 Å². The Balaban J connectivity index is 0.00000324. The summed E-state index contributed by atoms with van der Waals surface area (Å²) < 4.78 is 0. The van der Waals surface area contributed by atoms with Crippen molar-refractivity contribution in [3.63, 3.8) is 0 Å². The molecule has 4 nitrogen and oxygen atoms in total. The van der Waals surface area contributed by atoms with E-state index in [0.717, 1.165) is 24.7 Å². The minimum Gasteiger partial charge on any atom is -0.356 e. The van der Waals surface area contributed by atoms with Gasteiger partial charge in [-0.1, -0.05) is 0 Å². The molecule has 0 amide bonds. The van der Waals surface area contributed by atoms with Gasteiger partial charge in [0.05, 0.1) is 17.7 Å². The second-order valence-electron chi connectivity index (χ2n) is 3.91. The maximum Gasteiger partial charge on any atom is 0.191 e. The van der Waals surface area contributed by atoms with Crippen LogP contribution in [0.15, 0.2) is 10.5 Å². The highest BCUT2D eigenvalue weighted by Gasteiger charge is 2.02. The molecule has 0 unspecified atom stereocenters. The van der Waals surface area contributed by atoms with Crippen molar-refractivity contribution >= 4 is 53.0 Å². The highest BCUT2D eigenvalue weighted by atomic mass is 127. The lowest BCUT2D eigenvalue weighted by Crippen LogP contribution is -2.37.